The van der Waals surface area contributed by atoms with Gasteiger partial charge in [-0.15, -0.1) is 5.10 Å². The normalized spacial score (nSPS) is 29.1. The number of hydrogen-bond donors (Lipinski definition) is 2. The third-order valence-corrected chi connectivity index (χ3v) is 3.92. The number of fused-ring (bicyclic) bond motifs is 3. The maximum atomic E-state index is 5.86. The summed E-state index contributed by atoms with van der Waals surface area (Å²) in [5, 5.41) is 12.8. The van der Waals surface area contributed by atoms with Gasteiger partial charge in [-0.3, -0.25) is 5.43 Å². The third-order valence-electron chi connectivity index (χ3n) is 3.83. The number of ether oxygens (including phenoxy) is 2. The minimum Gasteiger partial charge on any atom is -0.375 e. The fraction of sp³-hybridized carbons (Fsp3) is 0.385. The minimum atomic E-state index is -0.446. The fourth-order valence-corrected chi connectivity index (χ4v) is 2.88. The molecule has 3 atom stereocenters. The molecule has 1 aromatic heterocycles. The van der Waals surface area contributed by atoms with Crippen LogP contribution in [-0.4, -0.2) is 44.8 Å². The highest BCUT2D eigenvalue weighted by molar-refractivity contribution is 7.80. The van der Waals surface area contributed by atoms with Crippen LogP contribution >= 0.6 is 12.2 Å². The number of hydrogen-bond acceptors (Lipinski definition) is 6. The monoisotopic (exact) mass is 318 g/mol. The number of thiocarbonyl (C=S) groups is 1. The van der Waals surface area contributed by atoms with Crippen LogP contribution < -0.4 is 11.2 Å². The highest BCUT2D eigenvalue weighted by Crippen LogP contribution is 2.34. The molecule has 2 bridgehead atoms. The van der Waals surface area contributed by atoms with Crippen LogP contribution in [0.25, 0.3) is 11.0 Å². The van der Waals surface area contributed by atoms with Crippen LogP contribution in [0.4, 0.5) is 0 Å². The molecule has 2 aliphatic rings. The number of aromatic nitrogens is 3. The van der Waals surface area contributed by atoms with Crippen LogP contribution in [-0.2, 0) is 9.47 Å². The van der Waals surface area contributed by atoms with E-state index in [9.17, 15) is 0 Å². The molecule has 0 amide bonds. The number of para-hydroxylation sites is 1. The number of rotatable bonds is 2. The van der Waals surface area contributed by atoms with Crippen LogP contribution in [0.1, 0.15) is 12.5 Å². The van der Waals surface area contributed by atoms with E-state index in [2.05, 4.69) is 20.8 Å². The molecule has 8 nitrogen and oxygen atoms in total. The second-order valence-corrected chi connectivity index (χ2v) is 5.65. The zero-order valence-electron chi connectivity index (χ0n) is 11.5. The second-order valence-electron chi connectivity index (χ2n) is 5.21. The molecule has 9 heteroatoms. The van der Waals surface area contributed by atoms with Gasteiger partial charge in [0.05, 0.1) is 23.9 Å². The summed E-state index contributed by atoms with van der Waals surface area (Å²) < 4.78 is 13.4. The first-order valence-corrected chi connectivity index (χ1v) is 7.32. The van der Waals surface area contributed by atoms with Gasteiger partial charge in [0.15, 0.2) is 11.4 Å². The Labute approximate surface area is 131 Å². The van der Waals surface area contributed by atoms with Gasteiger partial charge in [-0.2, -0.15) is 5.10 Å². The van der Waals surface area contributed by atoms with Crippen LogP contribution in [0, 0.1) is 0 Å². The topological polar surface area (TPSA) is 99.6 Å². The molecule has 0 saturated carbocycles. The van der Waals surface area contributed by atoms with Crippen molar-refractivity contribution in [3.05, 3.63) is 24.3 Å². The van der Waals surface area contributed by atoms with E-state index in [0.717, 1.165) is 11.0 Å². The number of nitrogens with zero attached hydrogens (tertiary/aromatic N) is 4. The average Bonchev–Trinajstić information content (AvgIpc) is 3.12. The molecule has 2 aromatic rings. The molecule has 3 heterocycles. The molecule has 0 unspecified atom stereocenters. The summed E-state index contributed by atoms with van der Waals surface area (Å²) in [5.74, 6) is 0. The maximum absolute atomic E-state index is 5.86. The van der Waals surface area contributed by atoms with Gasteiger partial charge < -0.3 is 15.2 Å². The largest absolute Gasteiger partial charge is 0.375 e. The van der Waals surface area contributed by atoms with Crippen molar-refractivity contribution in [3.63, 3.8) is 0 Å². The summed E-state index contributed by atoms with van der Waals surface area (Å²) >= 11 is 4.77. The lowest BCUT2D eigenvalue weighted by molar-refractivity contribution is -0.0317. The van der Waals surface area contributed by atoms with E-state index in [4.69, 9.17) is 27.4 Å². The molecule has 22 heavy (non-hydrogen) atoms. The predicted molar refractivity (Wildman–Crippen MR) is 83.2 cm³/mol. The fourth-order valence-electron chi connectivity index (χ4n) is 2.84. The van der Waals surface area contributed by atoms with Crippen molar-refractivity contribution < 1.29 is 9.47 Å². The van der Waals surface area contributed by atoms with E-state index in [1.165, 1.54) is 0 Å². The number of nitrogens with one attached hydrogen (secondary N) is 1. The van der Waals surface area contributed by atoms with Gasteiger partial charge in [0.25, 0.3) is 0 Å². The Morgan fingerprint density at radius 2 is 2.32 bits per heavy atom. The summed E-state index contributed by atoms with van der Waals surface area (Å²) in [6, 6.07) is 7.79. The summed E-state index contributed by atoms with van der Waals surface area (Å²) in [7, 11) is 0. The summed E-state index contributed by atoms with van der Waals surface area (Å²) in [6.07, 6.45) is 0.120. The Bertz CT molecular complexity index is 760. The van der Waals surface area contributed by atoms with Crippen molar-refractivity contribution in [3.8, 4) is 0 Å². The Kier molecular flexibility index (Phi) is 3.25. The Hall–Kier alpha value is -2.10. The van der Waals surface area contributed by atoms with Crippen LogP contribution in [0.3, 0.4) is 0 Å². The van der Waals surface area contributed by atoms with E-state index < -0.39 is 6.29 Å². The molecule has 1 aromatic carbocycles. The van der Waals surface area contributed by atoms with Crippen LogP contribution in [0.15, 0.2) is 29.4 Å². The molecule has 2 aliphatic heterocycles. The maximum Gasteiger partial charge on any atom is 0.199 e. The zero-order chi connectivity index (χ0) is 15.1. The Morgan fingerprint density at radius 1 is 1.45 bits per heavy atom. The summed E-state index contributed by atoms with van der Waals surface area (Å²) in [4.78, 5) is 0. The first-order chi connectivity index (χ1) is 10.7. The van der Waals surface area contributed by atoms with Gasteiger partial charge in [0.1, 0.15) is 11.6 Å². The number of hydrazone groups is 1. The van der Waals surface area contributed by atoms with Crippen molar-refractivity contribution in [2.24, 2.45) is 10.8 Å². The Balaban J connectivity index is 1.69. The van der Waals surface area contributed by atoms with E-state index in [1.807, 2.05) is 28.9 Å². The van der Waals surface area contributed by atoms with E-state index in [-0.39, 0.29) is 17.3 Å². The second kappa shape index (κ2) is 5.27. The van der Waals surface area contributed by atoms with Crippen LogP contribution in [0.2, 0.25) is 0 Å². The quantitative estimate of drug-likeness (QED) is 0.607. The first-order valence-electron chi connectivity index (χ1n) is 6.91. The average molecular weight is 318 g/mol. The molecule has 2 saturated heterocycles. The lowest BCUT2D eigenvalue weighted by Crippen LogP contribution is -2.39. The van der Waals surface area contributed by atoms with E-state index >= 15 is 0 Å². The molecule has 4 rings (SSSR count). The predicted octanol–water partition coefficient (Wildman–Crippen LogP) is 0.307. The lowest BCUT2D eigenvalue weighted by Gasteiger charge is -2.28. The standard InChI is InChI=1S/C13H14N6O2S/c14-13(22)17-15-8-5-10(11-6-20-12(8)21-11)19-9-4-2-1-3-7(9)16-18-19/h1-4,10-12H,5-6H2,(H3,14,17,22)/b15-8+/t10-,11+,12+/m1/s1. The van der Waals surface area contributed by atoms with Gasteiger partial charge in [-0.25, -0.2) is 4.68 Å². The summed E-state index contributed by atoms with van der Waals surface area (Å²) in [6.45, 7) is 0.496. The SMILES string of the molecule is NC(=S)N/N=C1\C[C@@H](n2nnc3ccccc32)[C@@H]2CO[C@H]1O2. The van der Waals surface area contributed by atoms with Crippen molar-refractivity contribution in [2.45, 2.75) is 24.9 Å². The van der Waals surface area contributed by atoms with Crippen molar-refractivity contribution in [1.82, 2.24) is 20.4 Å². The summed E-state index contributed by atoms with van der Waals surface area (Å²) in [5.41, 5.74) is 10.5. The highest BCUT2D eigenvalue weighted by atomic mass is 32.1. The van der Waals surface area contributed by atoms with Crippen molar-refractivity contribution >= 4 is 34.1 Å². The first kappa shape index (κ1) is 13.6. The minimum absolute atomic E-state index is 0.0296. The zero-order valence-corrected chi connectivity index (χ0v) is 12.4. The molecule has 114 valence electrons. The molecule has 2 fully saturated rings. The van der Waals surface area contributed by atoms with E-state index in [0.29, 0.717) is 18.7 Å². The Morgan fingerprint density at radius 3 is 3.18 bits per heavy atom. The smallest absolute Gasteiger partial charge is 0.199 e. The third kappa shape index (κ3) is 2.23. The molecule has 0 spiro atoms. The van der Waals surface area contributed by atoms with Gasteiger partial charge in [0, 0.05) is 6.42 Å². The van der Waals surface area contributed by atoms with Gasteiger partial charge in [-0.1, -0.05) is 17.3 Å². The van der Waals surface area contributed by atoms with Crippen molar-refractivity contribution in [2.75, 3.05) is 6.61 Å². The van der Waals surface area contributed by atoms with E-state index in [1.54, 1.807) is 0 Å². The molecular weight excluding hydrogens is 304 g/mol. The van der Waals surface area contributed by atoms with Gasteiger partial charge in [-0.05, 0) is 24.4 Å². The van der Waals surface area contributed by atoms with Gasteiger partial charge in [0.2, 0.25) is 0 Å². The van der Waals surface area contributed by atoms with Crippen LogP contribution in [0.5, 0.6) is 0 Å². The lowest BCUT2D eigenvalue weighted by atomic mass is 10.0. The molecular formula is C13H14N6O2S. The van der Waals surface area contributed by atoms with Crippen molar-refractivity contribution in [1.29, 1.82) is 0 Å². The number of nitrogens with two attached hydrogens (primary N) is 1. The highest BCUT2D eigenvalue weighted by Gasteiger charge is 2.43. The molecule has 0 radical (unpaired) electrons. The number of benzene rings is 1. The van der Waals surface area contributed by atoms with Gasteiger partial charge >= 0.3 is 0 Å². The molecule has 3 N–H and O–H groups in total. The molecule has 0 aliphatic carbocycles.